The molecule has 1 N–H and O–H groups in total. The third-order valence-electron chi connectivity index (χ3n) is 3.95. The van der Waals surface area contributed by atoms with Gasteiger partial charge in [0.05, 0.1) is 12.8 Å². The molecule has 0 bridgehead atoms. The molecule has 18 heavy (non-hydrogen) atoms. The molecule has 0 radical (unpaired) electrons. The third-order valence-corrected chi connectivity index (χ3v) is 3.95. The van der Waals surface area contributed by atoms with Gasteiger partial charge in [-0.2, -0.15) is 0 Å². The van der Waals surface area contributed by atoms with Crippen molar-refractivity contribution in [2.75, 3.05) is 25.1 Å². The van der Waals surface area contributed by atoms with Gasteiger partial charge in [-0.1, -0.05) is 12.1 Å². The van der Waals surface area contributed by atoms with Gasteiger partial charge in [0.1, 0.15) is 5.75 Å². The highest BCUT2D eigenvalue weighted by Crippen LogP contribution is 2.38. The van der Waals surface area contributed by atoms with Crippen LogP contribution >= 0.6 is 0 Å². The lowest BCUT2D eigenvalue weighted by Crippen LogP contribution is -2.44. The Bertz CT molecular complexity index is 461. The van der Waals surface area contributed by atoms with Gasteiger partial charge >= 0.3 is 0 Å². The van der Waals surface area contributed by atoms with E-state index < -0.39 is 0 Å². The number of ether oxygens (including phenoxy) is 1. The summed E-state index contributed by atoms with van der Waals surface area (Å²) in [6, 6.07) is 8.11. The van der Waals surface area contributed by atoms with Gasteiger partial charge in [-0.3, -0.25) is 4.79 Å². The van der Waals surface area contributed by atoms with E-state index in [9.17, 15) is 4.79 Å². The van der Waals surface area contributed by atoms with E-state index in [0.717, 1.165) is 30.9 Å². The zero-order valence-corrected chi connectivity index (χ0v) is 10.6. The summed E-state index contributed by atoms with van der Waals surface area (Å²) >= 11 is 0. The van der Waals surface area contributed by atoms with Crippen LogP contribution in [0.15, 0.2) is 24.3 Å². The van der Waals surface area contributed by atoms with Gasteiger partial charge in [0, 0.05) is 24.9 Å². The summed E-state index contributed by atoms with van der Waals surface area (Å²) in [5.41, 5.74) is 0.916. The zero-order valence-electron chi connectivity index (χ0n) is 10.6. The van der Waals surface area contributed by atoms with Gasteiger partial charge in [-0.05, 0) is 25.1 Å². The molecule has 2 atom stereocenters. The summed E-state index contributed by atoms with van der Waals surface area (Å²) in [6.45, 7) is 1.93. The molecule has 4 nitrogen and oxygen atoms in total. The van der Waals surface area contributed by atoms with Gasteiger partial charge in [-0.25, -0.2) is 0 Å². The van der Waals surface area contributed by atoms with Crippen LogP contribution in [0.3, 0.4) is 0 Å². The topological polar surface area (TPSA) is 41.6 Å². The summed E-state index contributed by atoms with van der Waals surface area (Å²) in [5, 5.41) is 3.37. The Balaban J connectivity index is 1.97. The molecule has 96 valence electrons. The molecule has 0 aliphatic carbocycles. The Morgan fingerprint density at radius 2 is 2.22 bits per heavy atom. The molecule has 2 fully saturated rings. The van der Waals surface area contributed by atoms with Crippen LogP contribution < -0.4 is 15.0 Å². The smallest absolute Gasteiger partial charge is 0.227 e. The zero-order chi connectivity index (χ0) is 12.5. The van der Waals surface area contributed by atoms with Crippen molar-refractivity contribution in [3.8, 4) is 5.75 Å². The predicted octanol–water partition coefficient (Wildman–Crippen LogP) is 1.41. The molecule has 2 aliphatic rings. The van der Waals surface area contributed by atoms with Gasteiger partial charge in [0.25, 0.3) is 0 Å². The molecule has 2 unspecified atom stereocenters. The van der Waals surface area contributed by atoms with E-state index in [0.29, 0.717) is 18.4 Å². The number of nitrogens with one attached hydrogen (secondary N) is 1. The molecule has 0 saturated carbocycles. The number of para-hydroxylation sites is 2. The van der Waals surface area contributed by atoms with E-state index in [1.165, 1.54) is 0 Å². The van der Waals surface area contributed by atoms with E-state index in [4.69, 9.17) is 4.74 Å². The molecule has 2 heterocycles. The van der Waals surface area contributed by atoms with Crippen molar-refractivity contribution in [1.82, 2.24) is 5.32 Å². The average Bonchev–Trinajstić information content (AvgIpc) is 2.74. The number of carbonyl (C=O) groups excluding carboxylic acids is 1. The summed E-state index contributed by atoms with van der Waals surface area (Å²) < 4.78 is 5.38. The maximum Gasteiger partial charge on any atom is 0.227 e. The van der Waals surface area contributed by atoms with E-state index >= 15 is 0 Å². The van der Waals surface area contributed by atoms with E-state index in [1.54, 1.807) is 7.11 Å². The molecule has 1 amide bonds. The molecular weight excluding hydrogens is 228 g/mol. The molecule has 2 aliphatic heterocycles. The van der Waals surface area contributed by atoms with Gasteiger partial charge in [0.2, 0.25) is 5.91 Å². The average molecular weight is 246 g/mol. The minimum Gasteiger partial charge on any atom is -0.495 e. The number of nitrogens with zero attached hydrogens (tertiary/aromatic N) is 1. The summed E-state index contributed by atoms with van der Waals surface area (Å²) in [6.07, 6.45) is 1.67. The van der Waals surface area contributed by atoms with E-state index in [2.05, 4.69) is 5.32 Å². The highest BCUT2D eigenvalue weighted by Gasteiger charge is 2.42. The fourth-order valence-electron chi connectivity index (χ4n) is 3.11. The summed E-state index contributed by atoms with van der Waals surface area (Å²) in [7, 11) is 1.65. The largest absolute Gasteiger partial charge is 0.495 e. The van der Waals surface area contributed by atoms with Crippen LogP contribution in [0.25, 0.3) is 0 Å². The van der Waals surface area contributed by atoms with Crippen LogP contribution in [0.2, 0.25) is 0 Å². The molecule has 0 aromatic heterocycles. The predicted molar refractivity (Wildman–Crippen MR) is 69.9 cm³/mol. The van der Waals surface area contributed by atoms with Gasteiger partial charge < -0.3 is 15.0 Å². The number of fused-ring (bicyclic) bond motifs is 1. The first kappa shape index (κ1) is 11.5. The molecule has 1 aromatic carbocycles. The normalized spacial score (nSPS) is 27.2. The number of carbonyl (C=O) groups is 1. The SMILES string of the molecule is COc1ccccc1N1C(=O)CC2CNCCC21. The number of rotatable bonds is 2. The lowest BCUT2D eigenvalue weighted by Gasteiger charge is -2.32. The summed E-state index contributed by atoms with van der Waals surface area (Å²) in [4.78, 5) is 14.2. The highest BCUT2D eigenvalue weighted by molar-refractivity contribution is 5.98. The van der Waals surface area contributed by atoms with E-state index in [1.807, 2.05) is 29.2 Å². The molecule has 1 aromatic rings. The van der Waals surface area contributed by atoms with Crippen molar-refractivity contribution in [2.24, 2.45) is 5.92 Å². The summed E-state index contributed by atoms with van der Waals surface area (Å²) in [5.74, 6) is 1.44. The standard InChI is InChI=1S/C14H18N2O2/c1-18-13-5-3-2-4-12(13)16-11-6-7-15-9-10(11)8-14(16)17/h2-5,10-11,15H,6-9H2,1H3. The minimum absolute atomic E-state index is 0.221. The Hall–Kier alpha value is -1.55. The first-order chi connectivity index (χ1) is 8.81. The van der Waals surface area contributed by atoms with Crippen molar-refractivity contribution in [2.45, 2.75) is 18.9 Å². The fraction of sp³-hybridized carbons (Fsp3) is 0.500. The first-order valence-electron chi connectivity index (χ1n) is 6.47. The maximum absolute atomic E-state index is 12.3. The number of anilines is 1. The van der Waals surface area contributed by atoms with Crippen molar-refractivity contribution in [3.63, 3.8) is 0 Å². The Kier molecular flexibility index (Phi) is 2.96. The van der Waals surface area contributed by atoms with Crippen molar-refractivity contribution in [3.05, 3.63) is 24.3 Å². The molecule has 3 rings (SSSR count). The van der Waals surface area contributed by atoms with Crippen LogP contribution in [0.4, 0.5) is 5.69 Å². The third kappa shape index (κ3) is 1.77. The second-order valence-electron chi connectivity index (χ2n) is 4.96. The number of amides is 1. The number of methoxy groups -OCH3 is 1. The maximum atomic E-state index is 12.3. The lowest BCUT2D eigenvalue weighted by atomic mass is 9.94. The highest BCUT2D eigenvalue weighted by atomic mass is 16.5. The van der Waals surface area contributed by atoms with Crippen LogP contribution in [-0.2, 0) is 4.79 Å². The second-order valence-corrected chi connectivity index (χ2v) is 4.96. The number of hydrogen-bond donors (Lipinski definition) is 1. The number of hydrogen-bond acceptors (Lipinski definition) is 3. The monoisotopic (exact) mass is 246 g/mol. The van der Waals surface area contributed by atoms with Gasteiger partial charge in [-0.15, -0.1) is 0 Å². The first-order valence-corrected chi connectivity index (χ1v) is 6.47. The molecular formula is C14H18N2O2. The fourth-order valence-corrected chi connectivity index (χ4v) is 3.11. The minimum atomic E-state index is 0.221. The van der Waals surface area contributed by atoms with Crippen molar-refractivity contribution < 1.29 is 9.53 Å². The Morgan fingerprint density at radius 3 is 3.06 bits per heavy atom. The van der Waals surface area contributed by atoms with Crippen molar-refractivity contribution >= 4 is 11.6 Å². The van der Waals surface area contributed by atoms with Gasteiger partial charge in [0.15, 0.2) is 0 Å². The molecule has 0 spiro atoms. The van der Waals surface area contributed by atoms with Crippen LogP contribution in [0.1, 0.15) is 12.8 Å². The Labute approximate surface area is 107 Å². The van der Waals surface area contributed by atoms with Crippen molar-refractivity contribution in [1.29, 1.82) is 0 Å². The molecule has 4 heteroatoms. The number of piperidine rings is 1. The molecule has 2 saturated heterocycles. The lowest BCUT2D eigenvalue weighted by molar-refractivity contribution is -0.117. The van der Waals surface area contributed by atoms with E-state index in [-0.39, 0.29) is 5.91 Å². The van der Waals surface area contributed by atoms with Crippen LogP contribution in [0, 0.1) is 5.92 Å². The quantitative estimate of drug-likeness (QED) is 0.858. The Morgan fingerprint density at radius 1 is 1.39 bits per heavy atom. The van der Waals surface area contributed by atoms with Crippen LogP contribution in [0.5, 0.6) is 5.75 Å². The number of benzene rings is 1. The second kappa shape index (κ2) is 4.61. The van der Waals surface area contributed by atoms with Crippen LogP contribution in [-0.4, -0.2) is 32.1 Å².